The first-order chi connectivity index (χ1) is 26.5. The van der Waals surface area contributed by atoms with E-state index in [9.17, 15) is 0 Å². The summed E-state index contributed by atoms with van der Waals surface area (Å²) in [6.45, 7) is 4.77. The molecule has 0 amide bonds. The van der Waals surface area contributed by atoms with Gasteiger partial charge < -0.3 is 4.57 Å². The first-order valence-electron chi connectivity index (χ1n) is 18.5. The second kappa shape index (κ2) is 11.5. The monoisotopic (exact) mass is 690 g/mol. The van der Waals surface area contributed by atoms with E-state index in [-0.39, 0.29) is 5.41 Å². The molecule has 0 aliphatic heterocycles. The van der Waals surface area contributed by atoms with Crippen LogP contribution < -0.4 is 0 Å². The SMILES string of the molecule is CC1(C)c2cc3c(cc2-c2ccc4ccccc4c21)c1ccccc1n3-c1ccc(-c2nc(-c3ccccc3)nc(-c3ccccc3)n2)c2ccccc12. The highest BCUT2D eigenvalue weighted by Gasteiger charge is 2.38. The van der Waals surface area contributed by atoms with Crippen molar-refractivity contribution in [2.24, 2.45) is 0 Å². The fourth-order valence-corrected chi connectivity index (χ4v) is 8.92. The fourth-order valence-electron chi connectivity index (χ4n) is 8.92. The van der Waals surface area contributed by atoms with Gasteiger partial charge >= 0.3 is 0 Å². The second-order valence-electron chi connectivity index (χ2n) is 14.8. The number of benzene rings is 8. The van der Waals surface area contributed by atoms with Crippen molar-refractivity contribution in [1.29, 1.82) is 0 Å². The molecule has 2 heterocycles. The maximum Gasteiger partial charge on any atom is 0.164 e. The van der Waals surface area contributed by atoms with Gasteiger partial charge in [-0.25, -0.2) is 15.0 Å². The molecule has 0 atom stereocenters. The highest BCUT2D eigenvalue weighted by Crippen LogP contribution is 2.53. The van der Waals surface area contributed by atoms with Gasteiger partial charge in [-0.05, 0) is 68.7 Å². The summed E-state index contributed by atoms with van der Waals surface area (Å²) in [4.78, 5) is 15.2. The topological polar surface area (TPSA) is 43.6 Å². The summed E-state index contributed by atoms with van der Waals surface area (Å²) in [5.74, 6) is 1.96. The van der Waals surface area contributed by atoms with Crippen molar-refractivity contribution >= 4 is 43.4 Å². The minimum Gasteiger partial charge on any atom is -0.309 e. The molecule has 0 fully saturated rings. The van der Waals surface area contributed by atoms with Crippen LogP contribution in [0, 0.1) is 0 Å². The largest absolute Gasteiger partial charge is 0.309 e. The lowest BCUT2D eigenvalue weighted by molar-refractivity contribution is 0.667. The maximum atomic E-state index is 5.11. The van der Waals surface area contributed by atoms with Crippen LogP contribution in [-0.4, -0.2) is 19.5 Å². The number of para-hydroxylation sites is 1. The van der Waals surface area contributed by atoms with Crippen molar-refractivity contribution in [2.75, 3.05) is 0 Å². The molecule has 0 saturated heterocycles. The quantitative estimate of drug-likeness (QED) is 0.185. The van der Waals surface area contributed by atoms with Crippen LogP contribution >= 0.6 is 0 Å². The van der Waals surface area contributed by atoms with Gasteiger partial charge in [-0.1, -0.05) is 153 Å². The molecule has 1 aliphatic carbocycles. The average molecular weight is 691 g/mol. The Bertz CT molecular complexity index is 3060. The molecule has 2 aromatic heterocycles. The van der Waals surface area contributed by atoms with E-state index in [1.165, 1.54) is 54.8 Å². The molecule has 4 nitrogen and oxygen atoms in total. The Morgan fingerprint density at radius 2 is 0.981 bits per heavy atom. The molecule has 0 radical (unpaired) electrons. The van der Waals surface area contributed by atoms with Gasteiger partial charge in [0.1, 0.15) is 0 Å². The van der Waals surface area contributed by atoms with Crippen LogP contribution in [0.25, 0.3) is 94.3 Å². The summed E-state index contributed by atoms with van der Waals surface area (Å²) in [5, 5.41) is 7.34. The molecule has 0 bridgehead atoms. The van der Waals surface area contributed by atoms with Gasteiger partial charge in [-0.15, -0.1) is 0 Å². The van der Waals surface area contributed by atoms with Crippen LogP contribution in [0.3, 0.4) is 0 Å². The first-order valence-corrected chi connectivity index (χ1v) is 18.5. The van der Waals surface area contributed by atoms with E-state index in [0.29, 0.717) is 17.5 Å². The molecular weight excluding hydrogens is 657 g/mol. The van der Waals surface area contributed by atoms with Gasteiger partial charge in [0.2, 0.25) is 0 Å². The third-order valence-electron chi connectivity index (χ3n) is 11.4. The zero-order valence-electron chi connectivity index (χ0n) is 30.0. The summed E-state index contributed by atoms with van der Waals surface area (Å²) in [6, 6.07) is 60.6. The highest BCUT2D eigenvalue weighted by molar-refractivity contribution is 6.14. The molecule has 1 aliphatic rings. The molecule has 0 N–H and O–H groups in total. The molecular formula is C50H34N4. The van der Waals surface area contributed by atoms with Crippen LogP contribution in [0.1, 0.15) is 25.0 Å². The lowest BCUT2D eigenvalue weighted by Gasteiger charge is -2.23. The number of rotatable bonds is 4. The Morgan fingerprint density at radius 3 is 1.70 bits per heavy atom. The molecule has 8 aromatic carbocycles. The lowest BCUT2D eigenvalue weighted by Crippen LogP contribution is -2.15. The summed E-state index contributed by atoms with van der Waals surface area (Å²) in [6.07, 6.45) is 0. The minimum atomic E-state index is -0.168. The molecule has 0 unspecified atom stereocenters. The van der Waals surface area contributed by atoms with E-state index in [2.05, 4.69) is 152 Å². The smallest absolute Gasteiger partial charge is 0.164 e. The van der Waals surface area contributed by atoms with Gasteiger partial charge in [-0.2, -0.15) is 0 Å². The first kappa shape index (κ1) is 30.7. The minimum absolute atomic E-state index is 0.168. The number of fused-ring (bicyclic) bond motifs is 9. The van der Waals surface area contributed by atoms with Crippen molar-refractivity contribution in [3.63, 3.8) is 0 Å². The van der Waals surface area contributed by atoms with Crippen molar-refractivity contribution < 1.29 is 0 Å². The predicted molar refractivity (Wildman–Crippen MR) is 223 cm³/mol. The third kappa shape index (κ3) is 4.47. The van der Waals surface area contributed by atoms with Crippen molar-refractivity contribution in [1.82, 2.24) is 19.5 Å². The van der Waals surface area contributed by atoms with E-state index in [1.54, 1.807) is 0 Å². The number of hydrogen-bond donors (Lipinski definition) is 0. The summed E-state index contributed by atoms with van der Waals surface area (Å²) in [7, 11) is 0. The Labute approximate surface area is 313 Å². The fraction of sp³-hybridized carbons (Fsp3) is 0.0600. The predicted octanol–water partition coefficient (Wildman–Crippen LogP) is 12.6. The van der Waals surface area contributed by atoms with Crippen molar-refractivity contribution in [3.8, 4) is 51.0 Å². The Hall–Kier alpha value is -6.91. The van der Waals surface area contributed by atoms with Gasteiger partial charge in [0.15, 0.2) is 17.5 Å². The van der Waals surface area contributed by atoms with Crippen LogP contribution in [-0.2, 0) is 5.41 Å². The lowest BCUT2D eigenvalue weighted by atomic mass is 9.80. The van der Waals surface area contributed by atoms with Gasteiger partial charge in [0, 0.05) is 38.3 Å². The molecule has 254 valence electrons. The Kier molecular flexibility index (Phi) is 6.56. The highest BCUT2D eigenvalue weighted by atomic mass is 15.0. The van der Waals surface area contributed by atoms with E-state index >= 15 is 0 Å². The zero-order chi connectivity index (χ0) is 36.0. The second-order valence-corrected chi connectivity index (χ2v) is 14.8. The number of hydrogen-bond acceptors (Lipinski definition) is 3. The normalized spacial score (nSPS) is 13.1. The van der Waals surface area contributed by atoms with Crippen molar-refractivity contribution in [3.05, 3.63) is 181 Å². The van der Waals surface area contributed by atoms with Crippen LogP contribution in [0.5, 0.6) is 0 Å². The standard InChI is InChI=1S/C50H34N4/c1-50(2)42-30-45-41(29-40(42)38-26-25-31-15-9-10-20-34(31)46(38)50)37-23-13-14-24-43(37)54(45)44-28-27-39(35-21-11-12-22-36(35)44)49-52-47(32-16-5-3-6-17-32)51-48(53-49)33-18-7-4-8-19-33/h3-30H,1-2H3. The number of aromatic nitrogens is 4. The zero-order valence-corrected chi connectivity index (χ0v) is 30.0. The third-order valence-corrected chi connectivity index (χ3v) is 11.4. The molecule has 0 spiro atoms. The maximum absolute atomic E-state index is 5.11. The van der Waals surface area contributed by atoms with E-state index < -0.39 is 0 Å². The van der Waals surface area contributed by atoms with Crippen molar-refractivity contribution in [2.45, 2.75) is 19.3 Å². The molecule has 0 saturated carbocycles. The van der Waals surface area contributed by atoms with E-state index in [1.807, 2.05) is 36.4 Å². The number of nitrogens with zero attached hydrogens (tertiary/aromatic N) is 4. The van der Waals surface area contributed by atoms with Crippen LogP contribution in [0.2, 0.25) is 0 Å². The van der Waals surface area contributed by atoms with Gasteiger partial charge in [0.05, 0.1) is 16.7 Å². The molecule has 10 aromatic rings. The Morgan fingerprint density at radius 1 is 0.407 bits per heavy atom. The Balaban J connectivity index is 1.15. The molecule has 11 rings (SSSR count). The molecule has 54 heavy (non-hydrogen) atoms. The van der Waals surface area contributed by atoms with Gasteiger partial charge in [0.25, 0.3) is 0 Å². The van der Waals surface area contributed by atoms with E-state index in [0.717, 1.165) is 33.2 Å². The van der Waals surface area contributed by atoms with Gasteiger partial charge in [-0.3, -0.25) is 0 Å². The van der Waals surface area contributed by atoms with Crippen LogP contribution in [0.4, 0.5) is 0 Å². The summed E-state index contributed by atoms with van der Waals surface area (Å²) < 4.78 is 2.46. The average Bonchev–Trinajstić information content (AvgIpc) is 3.67. The van der Waals surface area contributed by atoms with E-state index in [4.69, 9.17) is 15.0 Å². The van der Waals surface area contributed by atoms with Crippen LogP contribution in [0.15, 0.2) is 170 Å². The molecule has 4 heteroatoms. The summed E-state index contributed by atoms with van der Waals surface area (Å²) >= 11 is 0. The summed E-state index contributed by atoms with van der Waals surface area (Å²) in [5.41, 5.74) is 11.7.